The van der Waals surface area contributed by atoms with Crippen molar-refractivity contribution in [1.82, 2.24) is 5.32 Å². The second kappa shape index (κ2) is 5.91. The lowest BCUT2D eigenvalue weighted by molar-refractivity contribution is 0.173. The Morgan fingerprint density at radius 3 is 2.73 bits per heavy atom. The second-order valence-corrected chi connectivity index (χ2v) is 2.12. The first-order chi connectivity index (χ1) is 5.20. The van der Waals surface area contributed by atoms with E-state index in [2.05, 4.69) is 22.3 Å². The molecule has 64 valence electrons. The van der Waals surface area contributed by atoms with E-state index in [1.165, 1.54) is 7.11 Å². The molecular formula is C6H11NO3S. The van der Waals surface area contributed by atoms with Crippen molar-refractivity contribution >= 4 is 23.5 Å². The van der Waals surface area contributed by atoms with Crippen LogP contribution in [0.15, 0.2) is 0 Å². The lowest BCUT2D eigenvalue weighted by Gasteiger charge is -2.05. The molecule has 0 heterocycles. The van der Waals surface area contributed by atoms with Gasteiger partial charge in [-0.2, -0.15) is 0 Å². The van der Waals surface area contributed by atoms with Gasteiger partial charge in [0.05, 0.1) is 13.7 Å². The second-order valence-electron chi connectivity index (χ2n) is 1.75. The summed E-state index contributed by atoms with van der Waals surface area (Å²) in [5.41, 5.74) is 0. The lowest BCUT2D eigenvalue weighted by Crippen LogP contribution is -2.30. The number of carbonyl (C=O) groups is 1. The van der Waals surface area contributed by atoms with Crippen molar-refractivity contribution in [2.24, 2.45) is 0 Å². The molecule has 1 amide bonds. The largest absolute Gasteiger partial charge is 0.471 e. The number of amides is 1. The van der Waals surface area contributed by atoms with Gasteiger partial charge in [0, 0.05) is 0 Å². The highest BCUT2D eigenvalue weighted by Crippen LogP contribution is 1.83. The molecule has 0 radical (unpaired) electrons. The highest BCUT2D eigenvalue weighted by molar-refractivity contribution is 7.80. The van der Waals surface area contributed by atoms with Crippen molar-refractivity contribution < 1.29 is 14.3 Å². The Morgan fingerprint density at radius 1 is 1.64 bits per heavy atom. The SMILES string of the molecule is CCCOC(=S)NC(=O)OC. The number of carbonyl (C=O) groups excluding carboxylic acids is 1. The van der Waals surface area contributed by atoms with Gasteiger partial charge >= 0.3 is 6.09 Å². The standard InChI is InChI=1S/C6H11NO3S/c1-3-4-10-6(11)7-5(8)9-2/h3-4H2,1-2H3,(H,7,8,11). The van der Waals surface area contributed by atoms with Crippen LogP contribution in [0, 0.1) is 0 Å². The monoisotopic (exact) mass is 177 g/mol. The zero-order valence-electron chi connectivity index (χ0n) is 6.55. The fraction of sp³-hybridized carbons (Fsp3) is 0.667. The summed E-state index contributed by atoms with van der Waals surface area (Å²) in [6.45, 7) is 2.45. The highest BCUT2D eigenvalue weighted by atomic mass is 32.1. The lowest BCUT2D eigenvalue weighted by atomic mass is 10.5. The fourth-order valence-electron chi connectivity index (χ4n) is 0.365. The minimum absolute atomic E-state index is 0.0544. The third kappa shape index (κ3) is 5.60. The van der Waals surface area contributed by atoms with E-state index < -0.39 is 6.09 Å². The molecule has 0 saturated heterocycles. The molecule has 0 atom stereocenters. The molecule has 0 aliphatic rings. The molecule has 1 N–H and O–H groups in total. The Labute approximate surface area is 70.9 Å². The molecule has 0 unspecified atom stereocenters. The molecule has 0 fully saturated rings. The van der Waals surface area contributed by atoms with Gasteiger partial charge in [-0.15, -0.1) is 0 Å². The van der Waals surface area contributed by atoms with Crippen LogP contribution in [0.4, 0.5) is 4.79 Å². The number of ether oxygens (including phenoxy) is 2. The van der Waals surface area contributed by atoms with E-state index >= 15 is 0 Å². The highest BCUT2D eigenvalue weighted by Gasteiger charge is 2.02. The molecule has 0 rings (SSSR count). The average molecular weight is 177 g/mol. The van der Waals surface area contributed by atoms with Gasteiger partial charge in [0.2, 0.25) is 0 Å². The Bertz CT molecular complexity index is 149. The summed E-state index contributed by atoms with van der Waals surface area (Å²) in [6.07, 6.45) is 0.245. The summed E-state index contributed by atoms with van der Waals surface area (Å²) < 4.78 is 9.17. The van der Waals surface area contributed by atoms with Crippen LogP contribution in [0.25, 0.3) is 0 Å². The van der Waals surface area contributed by atoms with Gasteiger partial charge in [-0.1, -0.05) is 6.92 Å². The third-order valence-corrected chi connectivity index (χ3v) is 1.05. The van der Waals surface area contributed by atoms with Crippen LogP contribution < -0.4 is 5.32 Å². The van der Waals surface area contributed by atoms with Gasteiger partial charge in [-0.25, -0.2) is 4.79 Å². The Kier molecular flexibility index (Phi) is 5.46. The fourth-order valence-corrected chi connectivity index (χ4v) is 0.532. The molecule has 11 heavy (non-hydrogen) atoms. The minimum Gasteiger partial charge on any atom is -0.471 e. The molecule has 0 aromatic rings. The summed E-state index contributed by atoms with van der Waals surface area (Å²) in [6, 6.07) is 0. The van der Waals surface area contributed by atoms with Crippen LogP contribution >= 0.6 is 12.2 Å². The van der Waals surface area contributed by atoms with E-state index in [0.717, 1.165) is 6.42 Å². The summed E-state index contributed by atoms with van der Waals surface area (Å²) in [4.78, 5) is 10.5. The quantitative estimate of drug-likeness (QED) is 0.640. The van der Waals surface area contributed by atoms with Crippen molar-refractivity contribution in [1.29, 1.82) is 0 Å². The molecular weight excluding hydrogens is 166 g/mol. The van der Waals surface area contributed by atoms with Crippen LogP contribution in [0.2, 0.25) is 0 Å². The molecule has 0 saturated carbocycles. The number of hydrogen-bond donors (Lipinski definition) is 1. The van der Waals surface area contributed by atoms with Crippen LogP contribution in [0.3, 0.4) is 0 Å². The summed E-state index contributed by atoms with van der Waals surface area (Å²) in [7, 11) is 1.26. The van der Waals surface area contributed by atoms with E-state index in [-0.39, 0.29) is 5.17 Å². The molecule has 0 spiro atoms. The summed E-state index contributed by atoms with van der Waals surface area (Å²) in [5, 5.41) is 2.27. The van der Waals surface area contributed by atoms with E-state index in [9.17, 15) is 4.79 Å². The van der Waals surface area contributed by atoms with Gasteiger partial charge < -0.3 is 9.47 Å². The molecule has 0 bridgehead atoms. The van der Waals surface area contributed by atoms with Crippen molar-refractivity contribution in [2.45, 2.75) is 13.3 Å². The summed E-state index contributed by atoms with van der Waals surface area (Å²) >= 11 is 4.63. The zero-order valence-corrected chi connectivity index (χ0v) is 7.36. The first-order valence-electron chi connectivity index (χ1n) is 3.22. The molecule has 0 aliphatic carbocycles. The van der Waals surface area contributed by atoms with E-state index in [0.29, 0.717) is 6.61 Å². The van der Waals surface area contributed by atoms with Crippen molar-refractivity contribution in [2.75, 3.05) is 13.7 Å². The van der Waals surface area contributed by atoms with Crippen LogP contribution in [0.1, 0.15) is 13.3 Å². The topological polar surface area (TPSA) is 47.6 Å². The van der Waals surface area contributed by atoms with Gasteiger partial charge in [-0.05, 0) is 18.6 Å². The number of alkyl carbamates (subject to hydrolysis) is 1. The molecule has 4 nitrogen and oxygen atoms in total. The predicted molar refractivity (Wildman–Crippen MR) is 44.4 cm³/mol. The Hall–Kier alpha value is -0.840. The zero-order chi connectivity index (χ0) is 8.69. The van der Waals surface area contributed by atoms with Crippen molar-refractivity contribution in [3.63, 3.8) is 0 Å². The third-order valence-electron chi connectivity index (χ3n) is 0.827. The Morgan fingerprint density at radius 2 is 2.27 bits per heavy atom. The normalized spacial score (nSPS) is 8.55. The molecule has 0 aromatic carbocycles. The van der Waals surface area contributed by atoms with Crippen LogP contribution in [-0.2, 0) is 9.47 Å². The van der Waals surface area contributed by atoms with E-state index in [1.54, 1.807) is 0 Å². The number of methoxy groups -OCH3 is 1. The molecule has 0 aliphatic heterocycles. The van der Waals surface area contributed by atoms with Gasteiger partial charge in [-0.3, -0.25) is 5.32 Å². The van der Waals surface area contributed by atoms with Crippen molar-refractivity contribution in [3.8, 4) is 0 Å². The maximum Gasteiger partial charge on any atom is 0.414 e. The minimum atomic E-state index is -0.605. The average Bonchev–Trinajstić information content (AvgIpc) is 2.00. The maximum absolute atomic E-state index is 10.5. The Balaban J connectivity index is 3.44. The van der Waals surface area contributed by atoms with Gasteiger partial charge in [0.15, 0.2) is 0 Å². The van der Waals surface area contributed by atoms with Crippen molar-refractivity contribution in [3.05, 3.63) is 0 Å². The first-order valence-corrected chi connectivity index (χ1v) is 3.63. The van der Waals surface area contributed by atoms with Crippen LogP contribution in [-0.4, -0.2) is 25.0 Å². The summed E-state index contributed by atoms with van der Waals surface area (Å²) in [5.74, 6) is 0. The van der Waals surface area contributed by atoms with E-state index in [1.807, 2.05) is 6.92 Å². The smallest absolute Gasteiger partial charge is 0.414 e. The number of nitrogens with one attached hydrogen (secondary N) is 1. The number of thiocarbonyl (C=S) groups is 1. The number of hydrogen-bond acceptors (Lipinski definition) is 4. The van der Waals surface area contributed by atoms with Gasteiger partial charge in [0.25, 0.3) is 5.17 Å². The first kappa shape index (κ1) is 10.2. The molecule has 0 aromatic heterocycles. The molecule has 5 heteroatoms. The maximum atomic E-state index is 10.5. The number of rotatable bonds is 2. The van der Waals surface area contributed by atoms with E-state index in [4.69, 9.17) is 4.74 Å². The van der Waals surface area contributed by atoms with Crippen LogP contribution in [0.5, 0.6) is 0 Å². The predicted octanol–water partition coefficient (Wildman–Crippen LogP) is 1.05. The van der Waals surface area contributed by atoms with Gasteiger partial charge in [0.1, 0.15) is 0 Å².